The standard InChI is InChI=1S/C55H69F2N11O7S/c1-32-49(76-31-61-32)34-13-11-33(12-14-34)25-60-52(72)45-23-38(69)28-67(45)53(73)50(55(2,3)4)63-46(70)10-7-18-59-47(71)30-66-27-36(26-62-66)40-22-35-8-6-9-39(41(35)24-42(40)51(56)57)48-43-29-65(54(74)58-5)19-15-44(43)68(64-48)37-16-20-75-21-17-37/h11-14,22,24,26-27,31,37-39,45,50-51,69H,6-10,15-21,23,25,28-30H2,1-5H3,(H,58,74)(H,59,71)(H,60,72)(H,63,70)/t38-,39?,45-,50+/m0/s1. The van der Waals surface area contributed by atoms with Gasteiger partial charge >= 0.3 is 6.03 Å². The number of carbonyl (C=O) groups excluding carboxylic acids is 5. The lowest BCUT2D eigenvalue weighted by Gasteiger charge is -2.35. The largest absolute Gasteiger partial charge is 0.391 e. The molecule has 2 fully saturated rings. The highest BCUT2D eigenvalue weighted by Crippen LogP contribution is 2.45. The van der Waals surface area contributed by atoms with E-state index in [0.717, 1.165) is 75.5 Å². The zero-order chi connectivity index (χ0) is 53.8. The first-order valence-electron chi connectivity index (χ1n) is 26.4. The molecule has 4 atom stereocenters. The van der Waals surface area contributed by atoms with Crippen molar-refractivity contribution in [2.75, 3.05) is 39.9 Å². The molecule has 3 aliphatic heterocycles. The molecule has 76 heavy (non-hydrogen) atoms. The molecule has 6 amide bonds. The molecule has 4 aliphatic rings. The average molecular weight is 1070 g/mol. The maximum Gasteiger partial charge on any atom is 0.317 e. The number of alkyl halides is 2. The number of halogens is 2. The number of benzene rings is 2. The summed E-state index contributed by atoms with van der Waals surface area (Å²) in [7, 11) is 1.62. The fourth-order valence-corrected chi connectivity index (χ4v) is 12.0. The maximum atomic E-state index is 15.1. The van der Waals surface area contributed by atoms with E-state index in [1.54, 1.807) is 41.1 Å². The van der Waals surface area contributed by atoms with Gasteiger partial charge in [-0.1, -0.05) is 51.1 Å². The molecule has 1 aliphatic carbocycles. The van der Waals surface area contributed by atoms with Crippen LogP contribution >= 0.6 is 11.3 Å². The molecule has 0 radical (unpaired) electrons. The second-order valence-corrected chi connectivity index (χ2v) is 22.4. The van der Waals surface area contributed by atoms with Crippen molar-refractivity contribution >= 4 is 41.0 Å². The van der Waals surface area contributed by atoms with Crippen LogP contribution in [0.15, 0.2) is 54.3 Å². The van der Waals surface area contributed by atoms with Crippen molar-refractivity contribution < 1.29 is 42.6 Å². The van der Waals surface area contributed by atoms with Crippen LogP contribution in [0.25, 0.3) is 21.6 Å². The van der Waals surface area contributed by atoms with Crippen LogP contribution in [0.3, 0.4) is 0 Å². The van der Waals surface area contributed by atoms with Gasteiger partial charge in [-0.2, -0.15) is 10.2 Å². The Labute approximate surface area is 445 Å². The quantitative estimate of drug-likeness (QED) is 0.0691. The Kier molecular flexibility index (Phi) is 16.7. The minimum absolute atomic E-state index is 0.00961. The average Bonchev–Trinajstić information content (AvgIpc) is 4.26. The number of likely N-dealkylation sites (tertiary alicyclic amines) is 1. The maximum absolute atomic E-state index is 15.1. The van der Waals surface area contributed by atoms with Gasteiger partial charge in [0.15, 0.2) is 0 Å². The highest BCUT2D eigenvalue weighted by atomic mass is 32.1. The summed E-state index contributed by atoms with van der Waals surface area (Å²) in [5.41, 5.74) is 9.29. The number of ether oxygens (including phenoxy) is 1. The van der Waals surface area contributed by atoms with Crippen LogP contribution in [0, 0.1) is 12.3 Å². The molecule has 21 heteroatoms. The molecule has 5 N–H and O–H groups in total. The van der Waals surface area contributed by atoms with Crippen molar-refractivity contribution in [2.24, 2.45) is 5.41 Å². The molecule has 406 valence electrons. The van der Waals surface area contributed by atoms with E-state index in [4.69, 9.17) is 9.84 Å². The fraction of sp³-hybridized carbons (Fsp3) is 0.527. The second-order valence-electron chi connectivity index (χ2n) is 21.5. The van der Waals surface area contributed by atoms with Crippen molar-refractivity contribution in [1.82, 2.24) is 55.6 Å². The number of carbonyl (C=O) groups is 5. The van der Waals surface area contributed by atoms with Crippen molar-refractivity contribution in [3.8, 4) is 21.6 Å². The molecular weight excluding hydrogens is 997 g/mol. The molecule has 0 saturated carbocycles. The minimum Gasteiger partial charge on any atom is -0.391 e. The van der Waals surface area contributed by atoms with Crippen molar-refractivity contribution in [2.45, 2.75) is 142 Å². The van der Waals surface area contributed by atoms with Crippen molar-refractivity contribution in [3.05, 3.63) is 99.2 Å². The Bertz CT molecular complexity index is 2930. The number of thiazole rings is 1. The van der Waals surface area contributed by atoms with E-state index in [1.807, 2.05) is 58.0 Å². The van der Waals surface area contributed by atoms with Gasteiger partial charge in [0.05, 0.1) is 46.7 Å². The third-order valence-electron chi connectivity index (χ3n) is 15.2. The number of fused-ring (bicyclic) bond motifs is 2. The molecule has 2 aromatic carbocycles. The van der Waals surface area contributed by atoms with E-state index in [-0.39, 0.29) is 69.0 Å². The van der Waals surface area contributed by atoms with Crippen LogP contribution < -0.4 is 21.3 Å². The number of nitrogens with zero attached hydrogens (tertiary/aromatic N) is 7. The predicted octanol–water partition coefficient (Wildman–Crippen LogP) is 6.34. The van der Waals surface area contributed by atoms with Gasteiger partial charge in [0, 0.05) is 100 Å². The minimum atomic E-state index is -2.79. The molecule has 3 aromatic heterocycles. The van der Waals surface area contributed by atoms with Gasteiger partial charge in [0.2, 0.25) is 23.6 Å². The Balaban J connectivity index is 0.791. The fourth-order valence-electron chi connectivity index (χ4n) is 11.2. The summed E-state index contributed by atoms with van der Waals surface area (Å²) in [5, 5.41) is 31.6. The van der Waals surface area contributed by atoms with Crippen LogP contribution in [-0.4, -0.2) is 127 Å². The number of amides is 6. The Hall–Kier alpha value is -6.58. The van der Waals surface area contributed by atoms with E-state index in [0.29, 0.717) is 50.3 Å². The summed E-state index contributed by atoms with van der Waals surface area (Å²) < 4.78 is 39.5. The summed E-state index contributed by atoms with van der Waals surface area (Å²) in [4.78, 5) is 75.5. The van der Waals surface area contributed by atoms with E-state index in [1.165, 1.54) is 15.8 Å². The number of aliphatic hydroxyl groups is 1. The summed E-state index contributed by atoms with van der Waals surface area (Å²) in [6, 6.07) is 9.33. The molecule has 9 rings (SSSR count). The number of hydrogen-bond donors (Lipinski definition) is 5. The second kappa shape index (κ2) is 23.3. The number of β-amino-alcohol motifs (C(OH)–C–C–N with tert-alkyl or cyclic N) is 1. The van der Waals surface area contributed by atoms with E-state index >= 15 is 8.78 Å². The van der Waals surface area contributed by atoms with Gasteiger partial charge in [-0.15, -0.1) is 11.3 Å². The van der Waals surface area contributed by atoms with Gasteiger partial charge in [-0.25, -0.2) is 18.6 Å². The van der Waals surface area contributed by atoms with Crippen LogP contribution in [0.2, 0.25) is 0 Å². The molecular formula is C55H69F2N11O7S. The van der Waals surface area contributed by atoms with E-state index in [9.17, 15) is 29.1 Å². The van der Waals surface area contributed by atoms with Crippen LogP contribution in [-0.2, 0) is 56.4 Å². The first-order valence-corrected chi connectivity index (χ1v) is 27.3. The summed E-state index contributed by atoms with van der Waals surface area (Å²) >= 11 is 1.56. The summed E-state index contributed by atoms with van der Waals surface area (Å²) in [6.07, 6.45) is 4.25. The third kappa shape index (κ3) is 12.0. The smallest absolute Gasteiger partial charge is 0.317 e. The van der Waals surface area contributed by atoms with Crippen LogP contribution in [0.4, 0.5) is 13.6 Å². The molecule has 1 unspecified atom stereocenters. The number of aliphatic hydroxyl groups excluding tert-OH is 1. The van der Waals surface area contributed by atoms with Gasteiger partial charge in [-0.3, -0.25) is 28.5 Å². The van der Waals surface area contributed by atoms with Gasteiger partial charge in [0.25, 0.3) is 6.43 Å². The SMILES string of the molecule is CNC(=O)N1CCc2c(c(C3CCCc4cc(-c5cnn(CC(=O)NCCCC(=O)N[C@H](C(=O)N6C[C@@H](O)C[C@H]6C(=O)NCc6ccc(-c7scnc7C)cc6)C(C)(C)C)c5)c(C(F)F)cc43)nn2C2CCOCC2)C1. The number of aromatic nitrogens is 5. The lowest BCUT2D eigenvalue weighted by atomic mass is 9.77. The zero-order valence-corrected chi connectivity index (χ0v) is 44.7. The topological polar surface area (TPSA) is 218 Å². The van der Waals surface area contributed by atoms with E-state index < -0.39 is 53.7 Å². The van der Waals surface area contributed by atoms with Gasteiger partial charge in [-0.05, 0) is 84.7 Å². The lowest BCUT2D eigenvalue weighted by molar-refractivity contribution is -0.144. The first kappa shape index (κ1) is 54.2. The molecule has 0 bridgehead atoms. The van der Waals surface area contributed by atoms with Crippen LogP contribution in [0.5, 0.6) is 0 Å². The summed E-state index contributed by atoms with van der Waals surface area (Å²) in [6.45, 7) is 9.76. The van der Waals surface area contributed by atoms with Crippen LogP contribution in [0.1, 0.15) is 129 Å². The summed E-state index contributed by atoms with van der Waals surface area (Å²) in [5.74, 6) is -1.91. The van der Waals surface area contributed by atoms with Gasteiger partial charge < -0.3 is 40.9 Å². The number of aryl methyl sites for hydroxylation is 2. The third-order valence-corrected chi connectivity index (χ3v) is 16.2. The monoisotopic (exact) mass is 1070 g/mol. The highest BCUT2D eigenvalue weighted by molar-refractivity contribution is 7.13. The molecule has 0 spiro atoms. The number of nitrogens with one attached hydrogen (secondary N) is 4. The number of urea groups is 1. The Morgan fingerprint density at radius 1 is 0.987 bits per heavy atom. The first-order chi connectivity index (χ1) is 36.5. The number of hydrogen-bond acceptors (Lipinski definition) is 11. The molecule has 5 aromatic rings. The molecule has 2 saturated heterocycles. The normalized spacial score (nSPS) is 19.2. The molecule has 6 heterocycles. The predicted molar refractivity (Wildman–Crippen MR) is 281 cm³/mol. The van der Waals surface area contributed by atoms with Crippen molar-refractivity contribution in [3.63, 3.8) is 0 Å². The highest BCUT2D eigenvalue weighted by Gasteiger charge is 2.45. The molecule has 18 nitrogen and oxygen atoms in total. The zero-order valence-electron chi connectivity index (χ0n) is 43.9. The van der Waals surface area contributed by atoms with Gasteiger partial charge in [0.1, 0.15) is 18.6 Å². The van der Waals surface area contributed by atoms with Crippen molar-refractivity contribution in [1.29, 1.82) is 0 Å². The number of rotatable bonds is 16. The van der Waals surface area contributed by atoms with E-state index in [2.05, 4.69) is 36.0 Å². The lowest BCUT2D eigenvalue weighted by Crippen LogP contribution is -2.57. The Morgan fingerprint density at radius 2 is 1.76 bits per heavy atom. The Morgan fingerprint density at radius 3 is 2.47 bits per heavy atom.